The molecular formula is C21H37NO3. The molecule has 1 N–H and O–H groups in total. The third kappa shape index (κ3) is 4.58. The quantitative estimate of drug-likeness (QED) is 0.683. The van der Waals surface area contributed by atoms with Gasteiger partial charge in [0, 0.05) is 6.54 Å². The van der Waals surface area contributed by atoms with Gasteiger partial charge in [-0.2, -0.15) is 0 Å². The van der Waals surface area contributed by atoms with E-state index in [0.717, 1.165) is 43.3 Å². The van der Waals surface area contributed by atoms with Crippen molar-refractivity contribution in [2.45, 2.75) is 70.0 Å². The van der Waals surface area contributed by atoms with Gasteiger partial charge in [0.1, 0.15) is 0 Å². The lowest BCUT2D eigenvalue weighted by Gasteiger charge is -2.56. The standard InChI is InChI=1S/C21H37NO3/c1-16-2-4-22(5-3-16)14-20(23)15-24-6-7-25-21-11-17-8-18(12-21)10-19(9-17)13-21/h16-20,23H,2-15H2,1H3. The number of aliphatic hydroxyl groups excluding tert-OH is 1. The van der Waals surface area contributed by atoms with E-state index in [-0.39, 0.29) is 11.7 Å². The molecule has 1 heterocycles. The van der Waals surface area contributed by atoms with Crippen molar-refractivity contribution >= 4 is 0 Å². The van der Waals surface area contributed by atoms with Gasteiger partial charge in [0.05, 0.1) is 31.5 Å². The van der Waals surface area contributed by atoms with Crippen molar-refractivity contribution in [1.29, 1.82) is 0 Å². The summed E-state index contributed by atoms with van der Waals surface area (Å²) in [5, 5.41) is 10.2. The number of aliphatic hydroxyl groups is 1. The Morgan fingerprint density at radius 3 is 2.20 bits per heavy atom. The van der Waals surface area contributed by atoms with E-state index in [4.69, 9.17) is 9.47 Å². The number of rotatable bonds is 8. The molecular weight excluding hydrogens is 314 g/mol. The van der Waals surface area contributed by atoms with E-state index in [2.05, 4.69) is 11.8 Å². The van der Waals surface area contributed by atoms with Crippen LogP contribution in [-0.4, -0.2) is 61.2 Å². The SMILES string of the molecule is CC1CCN(CC(O)COCCOC23CC4CC(CC(C4)C2)C3)CC1. The van der Waals surface area contributed by atoms with Gasteiger partial charge in [-0.1, -0.05) is 6.92 Å². The van der Waals surface area contributed by atoms with Crippen molar-refractivity contribution in [1.82, 2.24) is 4.90 Å². The molecule has 5 fully saturated rings. The minimum absolute atomic E-state index is 0.182. The van der Waals surface area contributed by atoms with Crippen LogP contribution >= 0.6 is 0 Å². The number of hydrogen-bond acceptors (Lipinski definition) is 4. The molecule has 4 aliphatic carbocycles. The van der Waals surface area contributed by atoms with Crippen LogP contribution in [-0.2, 0) is 9.47 Å². The van der Waals surface area contributed by atoms with Crippen molar-refractivity contribution in [3.8, 4) is 0 Å². The first-order valence-corrected chi connectivity index (χ1v) is 10.7. The molecule has 5 aliphatic rings. The fraction of sp³-hybridized carbons (Fsp3) is 1.00. The van der Waals surface area contributed by atoms with Crippen LogP contribution in [0.25, 0.3) is 0 Å². The van der Waals surface area contributed by atoms with E-state index < -0.39 is 0 Å². The van der Waals surface area contributed by atoms with Gasteiger partial charge in [-0.05, 0) is 88.1 Å². The molecule has 0 spiro atoms. The number of hydrogen-bond donors (Lipinski definition) is 1. The largest absolute Gasteiger partial charge is 0.389 e. The molecule has 4 nitrogen and oxygen atoms in total. The molecule has 144 valence electrons. The van der Waals surface area contributed by atoms with Crippen molar-refractivity contribution in [2.75, 3.05) is 39.5 Å². The van der Waals surface area contributed by atoms with Crippen LogP contribution in [0.5, 0.6) is 0 Å². The zero-order chi connectivity index (χ0) is 17.3. The lowest BCUT2D eigenvalue weighted by atomic mass is 9.54. The zero-order valence-electron chi connectivity index (χ0n) is 16.0. The molecule has 1 aliphatic heterocycles. The summed E-state index contributed by atoms with van der Waals surface area (Å²) in [6.07, 6.45) is 10.4. The van der Waals surface area contributed by atoms with E-state index in [9.17, 15) is 5.11 Å². The number of piperidine rings is 1. The van der Waals surface area contributed by atoms with E-state index in [1.807, 2.05) is 0 Å². The van der Waals surface area contributed by atoms with Crippen LogP contribution in [0.3, 0.4) is 0 Å². The highest BCUT2D eigenvalue weighted by molar-refractivity contribution is 5.03. The van der Waals surface area contributed by atoms with Crippen LogP contribution in [0.1, 0.15) is 58.3 Å². The maximum absolute atomic E-state index is 10.2. The summed E-state index contributed by atoms with van der Waals surface area (Å²) in [6.45, 7) is 7.07. The molecule has 4 heteroatoms. The van der Waals surface area contributed by atoms with Gasteiger partial charge >= 0.3 is 0 Å². The third-order valence-corrected chi connectivity index (χ3v) is 7.27. The first-order valence-electron chi connectivity index (χ1n) is 10.7. The lowest BCUT2D eigenvalue weighted by Crippen LogP contribution is -2.52. The van der Waals surface area contributed by atoms with E-state index in [1.54, 1.807) is 0 Å². The molecule has 4 saturated carbocycles. The Hall–Kier alpha value is -0.160. The van der Waals surface area contributed by atoms with Gasteiger partial charge in [0.15, 0.2) is 0 Å². The predicted molar refractivity (Wildman–Crippen MR) is 98.5 cm³/mol. The van der Waals surface area contributed by atoms with Crippen LogP contribution in [0.2, 0.25) is 0 Å². The first-order chi connectivity index (χ1) is 12.1. The minimum Gasteiger partial charge on any atom is -0.389 e. The predicted octanol–water partition coefficient (Wildman–Crippen LogP) is 3.08. The van der Waals surface area contributed by atoms with E-state index >= 15 is 0 Å². The molecule has 25 heavy (non-hydrogen) atoms. The molecule has 0 amide bonds. The van der Waals surface area contributed by atoms with Gasteiger partial charge in [-0.25, -0.2) is 0 Å². The highest BCUT2D eigenvalue weighted by Crippen LogP contribution is 2.57. The average Bonchev–Trinajstić information content (AvgIpc) is 2.55. The van der Waals surface area contributed by atoms with Crippen molar-refractivity contribution in [3.05, 3.63) is 0 Å². The molecule has 4 bridgehead atoms. The smallest absolute Gasteiger partial charge is 0.0900 e. The van der Waals surface area contributed by atoms with Crippen LogP contribution in [0, 0.1) is 23.7 Å². The Morgan fingerprint density at radius 2 is 1.60 bits per heavy atom. The number of likely N-dealkylation sites (tertiary alicyclic amines) is 1. The van der Waals surface area contributed by atoms with Gasteiger partial charge in [-0.3, -0.25) is 0 Å². The topological polar surface area (TPSA) is 41.9 Å². The highest BCUT2D eigenvalue weighted by atomic mass is 16.5. The molecule has 1 unspecified atom stereocenters. The Morgan fingerprint density at radius 1 is 1.00 bits per heavy atom. The summed E-state index contributed by atoms with van der Waals surface area (Å²) in [6, 6.07) is 0. The highest BCUT2D eigenvalue weighted by Gasteiger charge is 2.51. The van der Waals surface area contributed by atoms with Crippen LogP contribution in [0.4, 0.5) is 0 Å². The molecule has 0 aromatic carbocycles. The molecule has 0 aromatic heterocycles. The summed E-state index contributed by atoms with van der Waals surface area (Å²) in [5.74, 6) is 3.63. The molecule has 1 atom stereocenters. The monoisotopic (exact) mass is 351 g/mol. The van der Waals surface area contributed by atoms with Crippen LogP contribution in [0.15, 0.2) is 0 Å². The molecule has 5 rings (SSSR count). The molecule has 0 aromatic rings. The average molecular weight is 352 g/mol. The second kappa shape index (κ2) is 7.84. The maximum atomic E-state index is 10.2. The van der Waals surface area contributed by atoms with Gasteiger partial charge in [0.25, 0.3) is 0 Å². The first kappa shape index (κ1) is 18.2. The Labute approximate surface area is 153 Å². The number of β-amino-alcohol motifs (C(OH)–C–C–N with tert-alkyl or cyclic N) is 1. The van der Waals surface area contributed by atoms with E-state index in [1.165, 1.54) is 51.4 Å². The second-order valence-electron chi connectivity index (χ2n) is 9.66. The summed E-state index contributed by atoms with van der Waals surface area (Å²) in [4.78, 5) is 2.37. The summed E-state index contributed by atoms with van der Waals surface area (Å²) >= 11 is 0. The summed E-state index contributed by atoms with van der Waals surface area (Å²) < 4.78 is 12.1. The Bertz CT molecular complexity index is 398. The van der Waals surface area contributed by atoms with Gasteiger partial charge < -0.3 is 19.5 Å². The lowest BCUT2D eigenvalue weighted by molar-refractivity contribution is -0.170. The normalized spacial score (nSPS) is 39.8. The van der Waals surface area contributed by atoms with Crippen molar-refractivity contribution in [3.63, 3.8) is 0 Å². The second-order valence-corrected chi connectivity index (χ2v) is 9.66. The third-order valence-electron chi connectivity index (χ3n) is 7.27. The Kier molecular flexibility index (Phi) is 5.71. The Balaban J connectivity index is 1.10. The molecule has 0 radical (unpaired) electrons. The summed E-state index contributed by atoms with van der Waals surface area (Å²) in [7, 11) is 0. The number of nitrogens with zero attached hydrogens (tertiary/aromatic N) is 1. The van der Waals surface area contributed by atoms with Gasteiger partial charge in [-0.15, -0.1) is 0 Å². The minimum atomic E-state index is -0.368. The van der Waals surface area contributed by atoms with Gasteiger partial charge in [0.2, 0.25) is 0 Å². The number of ether oxygens (including phenoxy) is 2. The van der Waals surface area contributed by atoms with Crippen molar-refractivity contribution < 1.29 is 14.6 Å². The van der Waals surface area contributed by atoms with Crippen LogP contribution < -0.4 is 0 Å². The molecule has 1 saturated heterocycles. The fourth-order valence-electron chi connectivity index (χ4n) is 6.34. The maximum Gasteiger partial charge on any atom is 0.0900 e. The summed E-state index contributed by atoms with van der Waals surface area (Å²) in [5.41, 5.74) is 0.182. The zero-order valence-corrected chi connectivity index (χ0v) is 16.0. The van der Waals surface area contributed by atoms with Crippen molar-refractivity contribution in [2.24, 2.45) is 23.7 Å². The van der Waals surface area contributed by atoms with E-state index in [0.29, 0.717) is 19.8 Å². The fourth-order valence-corrected chi connectivity index (χ4v) is 6.34.